The van der Waals surface area contributed by atoms with Crippen LogP contribution in [0.2, 0.25) is 0 Å². The number of aryl methyl sites for hydroxylation is 2. The monoisotopic (exact) mass is 325 g/mol. The maximum Gasteiger partial charge on any atom is 0.248 e. The van der Waals surface area contributed by atoms with Gasteiger partial charge in [-0.2, -0.15) is 4.80 Å². The standard InChI is InChI=1S/C17H16FN5O/c1-11-7-12(2)9-15(8-11)19-16(24)10-23-21-17(20-22-23)13-3-5-14(18)6-4-13/h3-9H,10H2,1-2H3,(H,19,24). The van der Waals surface area contributed by atoms with Crippen molar-refractivity contribution in [2.45, 2.75) is 20.4 Å². The number of halogens is 1. The molecule has 0 radical (unpaired) electrons. The van der Waals surface area contributed by atoms with Crippen molar-refractivity contribution < 1.29 is 9.18 Å². The summed E-state index contributed by atoms with van der Waals surface area (Å²) >= 11 is 0. The zero-order valence-corrected chi connectivity index (χ0v) is 13.3. The highest BCUT2D eigenvalue weighted by atomic mass is 19.1. The van der Waals surface area contributed by atoms with Crippen molar-refractivity contribution in [2.24, 2.45) is 0 Å². The topological polar surface area (TPSA) is 72.7 Å². The number of hydrogen-bond acceptors (Lipinski definition) is 4. The molecule has 0 saturated heterocycles. The number of rotatable bonds is 4. The number of aromatic nitrogens is 4. The van der Waals surface area contributed by atoms with Gasteiger partial charge in [0.05, 0.1) is 0 Å². The third-order valence-corrected chi connectivity index (χ3v) is 3.35. The second-order valence-electron chi connectivity index (χ2n) is 5.57. The lowest BCUT2D eigenvalue weighted by molar-refractivity contribution is -0.117. The average molecular weight is 325 g/mol. The molecule has 3 rings (SSSR count). The first-order valence-electron chi connectivity index (χ1n) is 7.41. The Kier molecular flexibility index (Phi) is 4.33. The van der Waals surface area contributed by atoms with Crippen molar-refractivity contribution in [3.05, 3.63) is 59.4 Å². The molecule has 24 heavy (non-hydrogen) atoms. The van der Waals surface area contributed by atoms with E-state index in [4.69, 9.17) is 0 Å². The van der Waals surface area contributed by atoms with Gasteiger partial charge in [-0.3, -0.25) is 4.79 Å². The third-order valence-electron chi connectivity index (χ3n) is 3.35. The van der Waals surface area contributed by atoms with Gasteiger partial charge < -0.3 is 5.32 Å². The van der Waals surface area contributed by atoms with Crippen LogP contribution < -0.4 is 5.32 Å². The molecule has 0 aliphatic carbocycles. The van der Waals surface area contributed by atoms with E-state index in [1.54, 1.807) is 12.1 Å². The molecule has 6 nitrogen and oxygen atoms in total. The molecule has 0 unspecified atom stereocenters. The van der Waals surface area contributed by atoms with Gasteiger partial charge in [0.25, 0.3) is 0 Å². The SMILES string of the molecule is Cc1cc(C)cc(NC(=O)Cn2nnc(-c3ccc(F)cc3)n2)c1. The molecule has 0 aliphatic heterocycles. The third kappa shape index (κ3) is 3.81. The Morgan fingerprint density at radius 2 is 1.79 bits per heavy atom. The maximum absolute atomic E-state index is 12.9. The number of anilines is 1. The molecule has 7 heteroatoms. The van der Waals surface area contributed by atoms with Gasteiger partial charge >= 0.3 is 0 Å². The highest BCUT2D eigenvalue weighted by Gasteiger charge is 2.10. The van der Waals surface area contributed by atoms with E-state index < -0.39 is 0 Å². The van der Waals surface area contributed by atoms with Crippen LogP contribution in [0.1, 0.15) is 11.1 Å². The second-order valence-corrected chi connectivity index (χ2v) is 5.57. The van der Waals surface area contributed by atoms with Crippen molar-refractivity contribution in [1.82, 2.24) is 20.2 Å². The maximum atomic E-state index is 12.9. The molecule has 0 fully saturated rings. The lowest BCUT2D eigenvalue weighted by Crippen LogP contribution is -2.20. The van der Waals surface area contributed by atoms with Crippen LogP contribution in [0.25, 0.3) is 11.4 Å². The summed E-state index contributed by atoms with van der Waals surface area (Å²) in [6, 6.07) is 11.6. The summed E-state index contributed by atoms with van der Waals surface area (Å²) in [6.45, 7) is 3.88. The number of carbonyl (C=O) groups is 1. The minimum absolute atomic E-state index is 0.0544. The van der Waals surface area contributed by atoms with Crippen LogP contribution in [0.15, 0.2) is 42.5 Å². The van der Waals surface area contributed by atoms with E-state index in [2.05, 4.69) is 20.7 Å². The Morgan fingerprint density at radius 1 is 1.12 bits per heavy atom. The minimum Gasteiger partial charge on any atom is -0.324 e. The summed E-state index contributed by atoms with van der Waals surface area (Å²) in [7, 11) is 0. The van der Waals surface area contributed by atoms with E-state index in [0.29, 0.717) is 11.4 Å². The van der Waals surface area contributed by atoms with Gasteiger partial charge in [-0.1, -0.05) is 6.07 Å². The van der Waals surface area contributed by atoms with Crippen molar-refractivity contribution in [3.63, 3.8) is 0 Å². The fourth-order valence-corrected chi connectivity index (χ4v) is 2.40. The number of amides is 1. The van der Waals surface area contributed by atoms with E-state index in [1.165, 1.54) is 16.9 Å². The van der Waals surface area contributed by atoms with E-state index in [9.17, 15) is 9.18 Å². The summed E-state index contributed by atoms with van der Waals surface area (Å²) in [5.41, 5.74) is 3.51. The summed E-state index contributed by atoms with van der Waals surface area (Å²) in [6.07, 6.45) is 0. The number of nitrogens with one attached hydrogen (secondary N) is 1. The van der Waals surface area contributed by atoms with Gasteiger partial charge in [0.1, 0.15) is 12.4 Å². The fraction of sp³-hybridized carbons (Fsp3) is 0.176. The molecule has 122 valence electrons. The zero-order chi connectivity index (χ0) is 17.1. The number of carbonyl (C=O) groups excluding carboxylic acids is 1. The minimum atomic E-state index is -0.334. The van der Waals surface area contributed by atoms with Crippen molar-refractivity contribution in [2.75, 3.05) is 5.32 Å². The van der Waals surface area contributed by atoms with Gasteiger partial charge in [-0.25, -0.2) is 4.39 Å². The summed E-state index contributed by atoms with van der Waals surface area (Å²) in [4.78, 5) is 13.3. The van der Waals surface area contributed by atoms with E-state index in [0.717, 1.165) is 16.8 Å². The molecule has 0 aliphatic rings. The molecule has 0 bridgehead atoms. The molecule has 0 atom stereocenters. The van der Waals surface area contributed by atoms with E-state index in [-0.39, 0.29) is 18.3 Å². The Bertz CT molecular complexity index is 853. The van der Waals surface area contributed by atoms with Gasteiger partial charge in [0, 0.05) is 11.3 Å². The fourth-order valence-electron chi connectivity index (χ4n) is 2.40. The summed E-state index contributed by atoms with van der Waals surface area (Å²) in [5, 5.41) is 14.7. The molecule has 0 saturated carbocycles. The molecule has 1 amide bonds. The lowest BCUT2D eigenvalue weighted by atomic mass is 10.1. The molecular formula is C17H16FN5O. The average Bonchev–Trinajstić information content (AvgIpc) is 2.95. The van der Waals surface area contributed by atoms with Crippen LogP contribution in [0.4, 0.5) is 10.1 Å². The van der Waals surface area contributed by atoms with Crippen LogP contribution in [0, 0.1) is 19.7 Å². The van der Waals surface area contributed by atoms with Crippen molar-refractivity contribution >= 4 is 11.6 Å². The van der Waals surface area contributed by atoms with Gasteiger partial charge in [-0.15, -0.1) is 10.2 Å². The molecule has 3 aromatic rings. The van der Waals surface area contributed by atoms with Crippen LogP contribution in [-0.2, 0) is 11.3 Å². The van der Waals surface area contributed by atoms with Crippen LogP contribution in [-0.4, -0.2) is 26.1 Å². The quantitative estimate of drug-likeness (QED) is 0.800. The first kappa shape index (κ1) is 15.8. The number of nitrogens with zero attached hydrogens (tertiary/aromatic N) is 4. The van der Waals surface area contributed by atoms with Gasteiger partial charge in [0.2, 0.25) is 11.7 Å². The van der Waals surface area contributed by atoms with Crippen LogP contribution in [0.3, 0.4) is 0 Å². The molecule has 1 heterocycles. The predicted molar refractivity (Wildman–Crippen MR) is 87.8 cm³/mol. The van der Waals surface area contributed by atoms with E-state index in [1.807, 2.05) is 32.0 Å². The predicted octanol–water partition coefficient (Wildman–Crippen LogP) is 2.73. The van der Waals surface area contributed by atoms with Gasteiger partial charge in [-0.05, 0) is 66.6 Å². The zero-order valence-electron chi connectivity index (χ0n) is 13.3. The second kappa shape index (κ2) is 6.57. The summed E-state index contributed by atoms with van der Waals surface area (Å²) in [5.74, 6) is -0.240. The smallest absolute Gasteiger partial charge is 0.248 e. The first-order chi connectivity index (χ1) is 11.5. The Labute approximate surface area is 138 Å². The Balaban J connectivity index is 1.68. The first-order valence-corrected chi connectivity index (χ1v) is 7.41. The molecule has 2 aromatic carbocycles. The highest BCUT2D eigenvalue weighted by Crippen LogP contribution is 2.15. The number of benzene rings is 2. The van der Waals surface area contributed by atoms with Gasteiger partial charge in [0.15, 0.2) is 0 Å². The Hall–Kier alpha value is -3.09. The van der Waals surface area contributed by atoms with Crippen molar-refractivity contribution in [3.8, 4) is 11.4 Å². The number of hydrogen-bond donors (Lipinski definition) is 1. The highest BCUT2D eigenvalue weighted by molar-refractivity contribution is 5.90. The molecular weight excluding hydrogens is 309 g/mol. The largest absolute Gasteiger partial charge is 0.324 e. The Morgan fingerprint density at radius 3 is 2.46 bits per heavy atom. The lowest BCUT2D eigenvalue weighted by Gasteiger charge is -2.06. The normalized spacial score (nSPS) is 10.6. The number of tetrazole rings is 1. The molecule has 0 spiro atoms. The summed E-state index contributed by atoms with van der Waals surface area (Å²) < 4.78 is 12.9. The van der Waals surface area contributed by atoms with Crippen molar-refractivity contribution in [1.29, 1.82) is 0 Å². The van der Waals surface area contributed by atoms with Crippen LogP contribution >= 0.6 is 0 Å². The van der Waals surface area contributed by atoms with E-state index >= 15 is 0 Å². The molecule has 1 aromatic heterocycles. The molecule has 1 N–H and O–H groups in total. The van der Waals surface area contributed by atoms with Crippen LogP contribution in [0.5, 0.6) is 0 Å².